The minimum atomic E-state index is 0.0115. The molecule has 0 aliphatic heterocycles. The fourth-order valence-electron chi connectivity index (χ4n) is 1.86. The van der Waals surface area contributed by atoms with Gasteiger partial charge in [0, 0.05) is 17.3 Å². The molecule has 0 saturated carbocycles. The molecule has 21 heavy (non-hydrogen) atoms. The van der Waals surface area contributed by atoms with Gasteiger partial charge in [0.1, 0.15) is 0 Å². The molecule has 2 rings (SSSR count). The van der Waals surface area contributed by atoms with Crippen LogP contribution in [0.2, 0.25) is 0 Å². The second kappa shape index (κ2) is 7.72. The first kappa shape index (κ1) is 14.6. The number of ketones is 1. The molecule has 2 aromatic rings. The summed E-state index contributed by atoms with van der Waals surface area (Å²) in [4.78, 5) is 11.3. The number of hydrogen-bond donors (Lipinski definition) is 1. The van der Waals surface area contributed by atoms with E-state index in [1.807, 2.05) is 60.7 Å². The van der Waals surface area contributed by atoms with Gasteiger partial charge in [-0.25, -0.2) is 0 Å². The average molecular weight is 275 g/mol. The molecule has 0 saturated heterocycles. The van der Waals surface area contributed by atoms with Crippen molar-refractivity contribution >= 4 is 11.5 Å². The number of hydrogen-bond acceptors (Lipinski definition) is 2. The SMILES string of the molecule is CC(=O)/C=C(\NCC#Cc1ccccc1)c1ccccc1. The molecule has 0 bridgehead atoms. The normalized spacial score (nSPS) is 10.4. The van der Waals surface area contributed by atoms with Crippen LogP contribution in [0.3, 0.4) is 0 Å². The zero-order valence-electron chi connectivity index (χ0n) is 12.0. The van der Waals surface area contributed by atoms with Gasteiger partial charge in [-0.1, -0.05) is 60.4 Å². The van der Waals surface area contributed by atoms with E-state index in [1.165, 1.54) is 0 Å². The molecule has 0 amide bonds. The molecule has 0 spiro atoms. The molecule has 0 atom stereocenters. The maximum atomic E-state index is 11.3. The maximum absolute atomic E-state index is 11.3. The van der Waals surface area contributed by atoms with Crippen LogP contribution >= 0.6 is 0 Å². The smallest absolute Gasteiger partial charge is 0.154 e. The van der Waals surface area contributed by atoms with Crippen LogP contribution in [0.5, 0.6) is 0 Å². The number of nitrogens with one attached hydrogen (secondary N) is 1. The van der Waals surface area contributed by atoms with E-state index in [0.717, 1.165) is 16.8 Å². The molecule has 0 unspecified atom stereocenters. The first-order valence-corrected chi connectivity index (χ1v) is 6.81. The van der Waals surface area contributed by atoms with Crippen LogP contribution in [-0.2, 0) is 4.79 Å². The first-order chi connectivity index (χ1) is 10.3. The summed E-state index contributed by atoms with van der Waals surface area (Å²) < 4.78 is 0. The van der Waals surface area contributed by atoms with E-state index in [1.54, 1.807) is 13.0 Å². The van der Waals surface area contributed by atoms with Gasteiger partial charge in [-0.3, -0.25) is 4.79 Å². The lowest BCUT2D eigenvalue weighted by Gasteiger charge is -2.08. The van der Waals surface area contributed by atoms with Crippen LogP contribution in [0.1, 0.15) is 18.1 Å². The van der Waals surface area contributed by atoms with Crippen molar-refractivity contribution in [3.8, 4) is 11.8 Å². The van der Waals surface area contributed by atoms with Crippen molar-refractivity contribution in [2.24, 2.45) is 0 Å². The summed E-state index contributed by atoms with van der Waals surface area (Å²) in [5, 5.41) is 3.20. The van der Waals surface area contributed by atoms with Crippen LogP contribution in [-0.4, -0.2) is 12.3 Å². The largest absolute Gasteiger partial charge is 0.374 e. The molecular formula is C19H17NO. The Balaban J connectivity index is 2.05. The maximum Gasteiger partial charge on any atom is 0.154 e. The fourth-order valence-corrected chi connectivity index (χ4v) is 1.86. The summed E-state index contributed by atoms with van der Waals surface area (Å²) in [5.41, 5.74) is 2.76. The van der Waals surface area contributed by atoms with Crippen molar-refractivity contribution in [2.45, 2.75) is 6.92 Å². The molecule has 2 aromatic carbocycles. The van der Waals surface area contributed by atoms with E-state index in [9.17, 15) is 4.79 Å². The van der Waals surface area contributed by atoms with Crippen LogP contribution in [0, 0.1) is 11.8 Å². The third-order valence-electron chi connectivity index (χ3n) is 2.81. The number of carbonyl (C=O) groups excluding carboxylic acids is 1. The van der Waals surface area contributed by atoms with Crippen molar-refractivity contribution in [3.63, 3.8) is 0 Å². The predicted octanol–water partition coefficient (Wildman–Crippen LogP) is 3.26. The van der Waals surface area contributed by atoms with Crippen LogP contribution in [0.25, 0.3) is 5.70 Å². The Morgan fingerprint density at radius 1 is 1.05 bits per heavy atom. The summed E-state index contributed by atoms with van der Waals surface area (Å²) in [6.45, 7) is 2.03. The van der Waals surface area contributed by atoms with Crippen LogP contribution < -0.4 is 5.32 Å². The highest BCUT2D eigenvalue weighted by atomic mass is 16.1. The minimum Gasteiger partial charge on any atom is -0.374 e. The summed E-state index contributed by atoms with van der Waals surface area (Å²) in [6, 6.07) is 19.6. The second-order valence-electron chi connectivity index (χ2n) is 4.56. The molecule has 104 valence electrons. The second-order valence-corrected chi connectivity index (χ2v) is 4.56. The Labute approximate surface area is 125 Å². The summed E-state index contributed by atoms with van der Waals surface area (Å²) in [5.74, 6) is 6.15. The van der Waals surface area contributed by atoms with Crippen molar-refractivity contribution in [1.82, 2.24) is 5.32 Å². The molecule has 0 aromatic heterocycles. The van der Waals surface area contributed by atoms with Gasteiger partial charge in [-0.05, 0) is 24.6 Å². The van der Waals surface area contributed by atoms with Gasteiger partial charge in [-0.2, -0.15) is 0 Å². The minimum absolute atomic E-state index is 0.0115. The highest BCUT2D eigenvalue weighted by Gasteiger charge is 2.00. The van der Waals surface area contributed by atoms with Gasteiger partial charge in [0.25, 0.3) is 0 Å². The number of rotatable bonds is 4. The van der Waals surface area contributed by atoms with E-state index >= 15 is 0 Å². The van der Waals surface area contributed by atoms with Crippen molar-refractivity contribution < 1.29 is 4.79 Å². The number of benzene rings is 2. The molecule has 0 aliphatic carbocycles. The van der Waals surface area contributed by atoms with Crippen LogP contribution in [0.15, 0.2) is 66.7 Å². The number of carbonyl (C=O) groups is 1. The molecule has 1 N–H and O–H groups in total. The summed E-state index contributed by atoms with van der Waals surface area (Å²) >= 11 is 0. The van der Waals surface area contributed by atoms with Gasteiger partial charge in [-0.15, -0.1) is 0 Å². The topological polar surface area (TPSA) is 29.1 Å². The molecule has 2 heteroatoms. The van der Waals surface area contributed by atoms with Gasteiger partial charge < -0.3 is 5.32 Å². The quantitative estimate of drug-likeness (QED) is 0.685. The standard InChI is InChI=1S/C19H17NO/c1-16(21)15-19(18-12-6-3-7-13-18)20-14-8-11-17-9-4-2-5-10-17/h2-7,9-10,12-13,15,20H,14H2,1H3/b19-15-. The highest BCUT2D eigenvalue weighted by Crippen LogP contribution is 2.10. The Bertz CT molecular complexity index is 676. The lowest BCUT2D eigenvalue weighted by atomic mass is 10.1. The average Bonchev–Trinajstić information content (AvgIpc) is 2.52. The van der Waals surface area contributed by atoms with Gasteiger partial charge in [0.15, 0.2) is 5.78 Å². The van der Waals surface area contributed by atoms with E-state index in [-0.39, 0.29) is 5.78 Å². The Morgan fingerprint density at radius 2 is 1.67 bits per heavy atom. The highest BCUT2D eigenvalue weighted by molar-refractivity contribution is 5.94. The van der Waals surface area contributed by atoms with E-state index in [2.05, 4.69) is 17.2 Å². The summed E-state index contributed by atoms with van der Waals surface area (Å²) in [7, 11) is 0. The van der Waals surface area contributed by atoms with Gasteiger partial charge in [0.05, 0.1) is 6.54 Å². The van der Waals surface area contributed by atoms with Gasteiger partial charge in [0.2, 0.25) is 0 Å². The Morgan fingerprint density at radius 3 is 2.29 bits per heavy atom. The molecule has 0 radical (unpaired) electrons. The van der Waals surface area contributed by atoms with E-state index in [4.69, 9.17) is 0 Å². The zero-order valence-corrected chi connectivity index (χ0v) is 12.0. The molecule has 2 nitrogen and oxygen atoms in total. The van der Waals surface area contributed by atoms with Crippen molar-refractivity contribution in [1.29, 1.82) is 0 Å². The van der Waals surface area contributed by atoms with E-state index < -0.39 is 0 Å². The fraction of sp³-hybridized carbons (Fsp3) is 0.105. The van der Waals surface area contributed by atoms with Crippen LogP contribution in [0.4, 0.5) is 0 Å². The monoisotopic (exact) mass is 275 g/mol. The van der Waals surface area contributed by atoms with Crippen molar-refractivity contribution in [2.75, 3.05) is 6.54 Å². The molecule has 0 heterocycles. The predicted molar refractivity (Wildman–Crippen MR) is 86.4 cm³/mol. The Hall–Kier alpha value is -2.79. The van der Waals surface area contributed by atoms with E-state index in [0.29, 0.717) is 6.54 Å². The third kappa shape index (κ3) is 5.00. The molecule has 0 aliphatic rings. The van der Waals surface area contributed by atoms with Crippen molar-refractivity contribution in [3.05, 3.63) is 77.9 Å². The lowest BCUT2D eigenvalue weighted by molar-refractivity contribution is -0.112. The molecular weight excluding hydrogens is 258 g/mol. The Kier molecular flexibility index (Phi) is 5.37. The summed E-state index contributed by atoms with van der Waals surface area (Å²) in [6.07, 6.45) is 1.60. The first-order valence-electron chi connectivity index (χ1n) is 6.81. The number of allylic oxidation sites excluding steroid dienone is 1. The van der Waals surface area contributed by atoms with Gasteiger partial charge >= 0.3 is 0 Å². The third-order valence-corrected chi connectivity index (χ3v) is 2.81. The molecule has 0 fully saturated rings. The lowest BCUT2D eigenvalue weighted by Crippen LogP contribution is -2.13. The zero-order chi connectivity index (χ0) is 14.9.